The van der Waals surface area contributed by atoms with Gasteiger partial charge in [-0.2, -0.15) is 0 Å². The van der Waals surface area contributed by atoms with Crippen LogP contribution in [0.3, 0.4) is 0 Å². The first-order valence-corrected chi connectivity index (χ1v) is 6.87. The maximum Gasteiger partial charge on any atom is 0.0224 e. The number of piperazine rings is 1. The Kier molecular flexibility index (Phi) is 4.04. The van der Waals surface area contributed by atoms with Crippen LogP contribution in [0.25, 0.3) is 0 Å². The first-order valence-electron chi connectivity index (χ1n) is 6.87. The molecule has 0 aromatic heterocycles. The van der Waals surface area contributed by atoms with Crippen LogP contribution in [0, 0.1) is 0 Å². The lowest BCUT2D eigenvalue weighted by molar-refractivity contribution is 0.0241. The minimum atomic E-state index is 0.671. The normalized spacial score (nSPS) is 33.6. The summed E-state index contributed by atoms with van der Waals surface area (Å²) >= 11 is 0. The Labute approximate surface area is 100 Å². The molecule has 16 heavy (non-hydrogen) atoms. The zero-order valence-corrected chi connectivity index (χ0v) is 10.9. The third-order valence-electron chi connectivity index (χ3n) is 4.38. The molecule has 0 bridgehead atoms. The average molecular weight is 222 g/mol. The molecule has 92 valence electrons. The Morgan fingerprint density at radius 2 is 2.25 bits per heavy atom. The van der Waals surface area contributed by atoms with E-state index in [1.165, 1.54) is 38.9 Å². The van der Waals surface area contributed by atoms with E-state index in [2.05, 4.69) is 36.3 Å². The fraction of sp³-hybridized carbons (Fsp3) is 0.857. The van der Waals surface area contributed by atoms with Gasteiger partial charge in [-0.15, -0.1) is 6.58 Å². The van der Waals surface area contributed by atoms with Gasteiger partial charge < -0.3 is 0 Å². The fourth-order valence-corrected chi connectivity index (χ4v) is 3.39. The first kappa shape index (κ1) is 12.1. The zero-order chi connectivity index (χ0) is 11.5. The summed E-state index contributed by atoms with van der Waals surface area (Å²) in [7, 11) is 0. The minimum absolute atomic E-state index is 0.671. The predicted molar refractivity (Wildman–Crippen MR) is 69.7 cm³/mol. The highest BCUT2D eigenvalue weighted by Gasteiger charge is 2.36. The highest BCUT2D eigenvalue weighted by Crippen LogP contribution is 2.27. The number of rotatable bonds is 4. The highest BCUT2D eigenvalue weighted by molar-refractivity contribution is 4.94. The molecule has 2 nitrogen and oxygen atoms in total. The summed E-state index contributed by atoms with van der Waals surface area (Å²) in [6, 6.07) is 2.28. The van der Waals surface area contributed by atoms with Crippen molar-refractivity contribution in [3.8, 4) is 0 Å². The molecule has 2 rings (SSSR count). The van der Waals surface area contributed by atoms with Gasteiger partial charge in [0, 0.05) is 31.2 Å². The molecule has 0 amide bonds. The molecule has 2 aliphatic heterocycles. The van der Waals surface area contributed by atoms with Crippen LogP contribution in [-0.4, -0.2) is 47.6 Å². The average Bonchev–Trinajstić information content (AvgIpc) is 2.74. The van der Waals surface area contributed by atoms with Crippen molar-refractivity contribution in [3.05, 3.63) is 12.7 Å². The van der Waals surface area contributed by atoms with Gasteiger partial charge in [-0.25, -0.2) is 0 Å². The first-order chi connectivity index (χ1) is 7.76. The molecule has 2 heterocycles. The summed E-state index contributed by atoms with van der Waals surface area (Å²) in [4.78, 5) is 5.44. The summed E-state index contributed by atoms with van der Waals surface area (Å²) in [5.74, 6) is 0. The van der Waals surface area contributed by atoms with Crippen LogP contribution in [0.2, 0.25) is 0 Å². The van der Waals surface area contributed by atoms with Crippen LogP contribution in [0.1, 0.15) is 39.5 Å². The van der Waals surface area contributed by atoms with E-state index < -0.39 is 0 Å². The summed E-state index contributed by atoms with van der Waals surface area (Å²) in [6.45, 7) is 12.5. The smallest absolute Gasteiger partial charge is 0.0224 e. The molecule has 0 spiro atoms. The molecule has 0 radical (unpaired) electrons. The van der Waals surface area contributed by atoms with Crippen molar-refractivity contribution in [1.29, 1.82) is 0 Å². The number of hydrogen-bond acceptors (Lipinski definition) is 2. The second-order valence-electron chi connectivity index (χ2n) is 5.42. The highest BCUT2D eigenvalue weighted by atomic mass is 15.3. The zero-order valence-electron chi connectivity index (χ0n) is 10.9. The lowest BCUT2D eigenvalue weighted by atomic mass is 10.0. The van der Waals surface area contributed by atoms with E-state index in [0.717, 1.165) is 18.5 Å². The molecule has 3 unspecified atom stereocenters. The summed E-state index contributed by atoms with van der Waals surface area (Å²) in [5.41, 5.74) is 0. The van der Waals surface area contributed by atoms with Gasteiger partial charge in [-0.1, -0.05) is 13.0 Å². The molecule has 2 aliphatic rings. The Morgan fingerprint density at radius 3 is 2.94 bits per heavy atom. The quantitative estimate of drug-likeness (QED) is 0.674. The van der Waals surface area contributed by atoms with Crippen LogP contribution in [0.4, 0.5) is 0 Å². The van der Waals surface area contributed by atoms with Crippen molar-refractivity contribution < 1.29 is 0 Å². The van der Waals surface area contributed by atoms with Crippen molar-refractivity contribution in [2.24, 2.45) is 0 Å². The molecule has 3 atom stereocenters. The summed E-state index contributed by atoms with van der Waals surface area (Å²) < 4.78 is 0. The van der Waals surface area contributed by atoms with E-state index in [-0.39, 0.29) is 0 Å². The predicted octanol–water partition coefficient (Wildman–Crippen LogP) is 2.51. The standard InChI is InChI=1S/C14H26N2/c1-4-7-12(3)16-11-14-8-6-9-15(14)10-13(16)5-2/h4,12-14H,1,5-11H2,2-3H3. The Balaban J connectivity index is 2.01. The van der Waals surface area contributed by atoms with Crippen LogP contribution in [0.15, 0.2) is 12.7 Å². The lowest BCUT2D eigenvalue weighted by Gasteiger charge is -2.46. The van der Waals surface area contributed by atoms with Gasteiger partial charge in [0.05, 0.1) is 0 Å². The summed E-state index contributed by atoms with van der Waals surface area (Å²) in [5, 5.41) is 0. The van der Waals surface area contributed by atoms with Gasteiger partial charge in [0.2, 0.25) is 0 Å². The van der Waals surface area contributed by atoms with Gasteiger partial charge in [0.15, 0.2) is 0 Å². The molecule has 0 N–H and O–H groups in total. The largest absolute Gasteiger partial charge is 0.298 e. The molecule has 0 aromatic carbocycles. The van der Waals surface area contributed by atoms with E-state index in [4.69, 9.17) is 0 Å². The van der Waals surface area contributed by atoms with Crippen molar-refractivity contribution in [1.82, 2.24) is 9.80 Å². The third kappa shape index (κ3) is 2.33. The molecule has 0 aromatic rings. The minimum Gasteiger partial charge on any atom is -0.298 e. The molecule has 2 fully saturated rings. The van der Waals surface area contributed by atoms with E-state index in [9.17, 15) is 0 Å². The topological polar surface area (TPSA) is 6.48 Å². The van der Waals surface area contributed by atoms with Gasteiger partial charge in [0.1, 0.15) is 0 Å². The van der Waals surface area contributed by atoms with Crippen molar-refractivity contribution >= 4 is 0 Å². The van der Waals surface area contributed by atoms with Crippen molar-refractivity contribution in [2.45, 2.75) is 57.7 Å². The molecule has 2 heteroatoms. The van der Waals surface area contributed by atoms with Crippen molar-refractivity contribution in [3.63, 3.8) is 0 Å². The fourth-order valence-electron chi connectivity index (χ4n) is 3.39. The monoisotopic (exact) mass is 222 g/mol. The second kappa shape index (κ2) is 5.33. The van der Waals surface area contributed by atoms with Gasteiger partial charge in [-0.3, -0.25) is 9.80 Å². The Morgan fingerprint density at radius 1 is 1.44 bits per heavy atom. The summed E-state index contributed by atoms with van der Waals surface area (Å²) in [6.07, 6.45) is 7.30. The lowest BCUT2D eigenvalue weighted by Crippen LogP contribution is -2.58. The Hall–Kier alpha value is -0.340. The second-order valence-corrected chi connectivity index (χ2v) is 5.42. The van der Waals surface area contributed by atoms with Crippen LogP contribution >= 0.6 is 0 Å². The maximum atomic E-state index is 3.88. The van der Waals surface area contributed by atoms with E-state index >= 15 is 0 Å². The van der Waals surface area contributed by atoms with Gasteiger partial charge >= 0.3 is 0 Å². The SMILES string of the molecule is C=CCC(C)N1CC2CCCN2CC1CC. The molecule has 2 saturated heterocycles. The van der Waals surface area contributed by atoms with Crippen LogP contribution in [0.5, 0.6) is 0 Å². The molecular weight excluding hydrogens is 196 g/mol. The van der Waals surface area contributed by atoms with Gasteiger partial charge in [0.25, 0.3) is 0 Å². The molecule has 0 saturated carbocycles. The maximum absolute atomic E-state index is 3.88. The van der Waals surface area contributed by atoms with Crippen LogP contribution in [-0.2, 0) is 0 Å². The number of hydrogen-bond donors (Lipinski definition) is 0. The van der Waals surface area contributed by atoms with Gasteiger partial charge in [-0.05, 0) is 39.2 Å². The van der Waals surface area contributed by atoms with Crippen molar-refractivity contribution in [2.75, 3.05) is 19.6 Å². The molecular formula is C14H26N2. The number of nitrogens with zero attached hydrogens (tertiary/aromatic N) is 2. The van der Waals surface area contributed by atoms with Crippen LogP contribution < -0.4 is 0 Å². The number of fused-ring (bicyclic) bond motifs is 1. The van der Waals surface area contributed by atoms with E-state index in [0.29, 0.717) is 6.04 Å². The Bertz CT molecular complexity index is 239. The van der Waals surface area contributed by atoms with E-state index in [1.54, 1.807) is 0 Å². The van der Waals surface area contributed by atoms with E-state index in [1.807, 2.05) is 0 Å². The third-order valence-corrected chi connectivity index (χ3v) is 4.38. The molecule has 0 aliphatic carbocycles.